The molecule has 0 fully saturated rings. The van der Waals surface area contributed by atoms with Crippen LogP contribution in [0.4, 0.5) is 0 Å². The van der Waals surface area contributed by atoms with Gasteiger partial charge >= 0.3 is 0 Å². The number of H-pyrrole nitrogens is 1. The molecule has 0 saturated carbocycles. The molecule has 2 aromatic carbocycles. The molecule has 0 saturated heterocycles. The highest BCUT2D eigenvalue weighted by Crippen LogP contribution is 2.25. The van der Waals surface area contributed by atoms with E-state index in [1.165, 1.54) is 0 Å². The highest BCUT2D eigenvalue weighted by molar-refractivity contribution is 5.78. The zero-order valence-electron chi connectivity index (χ0n) is 14.2. The zero-order valence-corrected chi connectivity index (χ0v) is 14.2. The molecule has 1 atom stereocenters. The molecule has 0 bridgehead atoms. The molecule has 0 aliphatic heterocycles. The lowest BCUT2D eigenvalue weighted by molar-refractivity contribution is 0.617. The third-order valence-corrected chi connectivity index (χ3v) is 4.53. The quantitative estimate of drug-likeness (QED) is 0.609. The Hall–Kier alpha value is -3.14. The third-order valence-electron chi connectivity index (χ3n) is 4.53. The van der Waals surface area contributed by atoms with Crippen molar-refractivity contribution < 1.29 is 0 Å². The van der Waals surface area contributed by atoms with Crippen molar-refractivity contribution in [2.45, 2.75) is 19.9 Å². The number of benzene rings is 2. The molecule has 2 aromatic heterocycles. The topological polar surface area (TPSA) is 50.7 Å². The number of aromatic amines is 1. The summed E-state index contributed by atoms with van der Waals surface area (Å²) in [5.41, 5.74) is 3.55. The van der Waals surface area contributed by atoms with Crippen LogP contribution in [0.1, 0.15) is 24.2 Å². The van der Waals surface area contributed by atoms with E-state index in [2.05, 4.69) is 4.98 Å². The summed E-state index contributed by atoms with van der Waals surface area (Å²) < 4.78 is 1.79. The number of nitrogens with one attached hydrogen (secondary N) is 1. The summed E-state index contributed by atoms with van der Waals surface area (Å²) >= 11 is 0. The highest BCUT2D eigenvalue weighted by atomic mass is 16.1. The van der Waals surface area contributed by atoms with Crippen molar-refractivity contribution in [2.24, 2.45) is 0 Å². The van der Waals surface area contributed by atoms with Gasteiger partial charge in [-0.2, -0.15) is 0 Å². The average Bonchev–Trinajstić information content (AvgIpc) is 3.03. The van der Waals surface area contributed by atoms with Gasteiger partial charge in [0.05, 0.1) is 11.4 Å². The lowest BCUT2D eigenvalue weighted by Crippen LogP contribution is -2.26. The molecular weight excluding hydrogens is 310 g/mol. The first-order valence-electron chi connectivity index (χ1n) is 8.37. The summed E-state index contributed by atoms with van der Waals surface area (Å²) in [7, 11) is 0. The first-order chi connectivity index (χ1) is 12.1. The number of fused-ring (bicyclic) bond motifs is 1. The van der Waals surface area contributed by atoms with Gasteiger partial charge in [-0.05, 0) is 25.5 Å². The van der Waals surface area contributed by atoms with Crippen LogP contribution in [0.3, 0.4) is 0 Å². The van der Waals surface area contributed by atoms with Gasteiger partial charge in [-0.15, -0.1) is 0 Å². The summed E-state index contributed by atoms with van der Waals surface area (Å²) in [5.74, 6) is 0.677. The summed E-state index contributed by atoms with van der Waals surface area (Å²) in [6, 6.07) is 21.7. The van der Waals surface area contributed by atoms with Gasteiger partial charge in [-0.3, -0.25) is 9.36 Å². The maximum absolute atomic E-state index is 13.3. The molecular formula is C21H19N3O. The minimum Gasteiger partial charge on any atom is -0.343 e. The van der Waals surface area contributed by atoms with Gasteiger partial charge in [-0.1, -0.05) is 60.7 Å². The molecule has 25 heavy (non-hydrogen) atoms. The fourth-order valence-electron chi connectivity index (χ4n) is 3.24. The van der Waals surface area contributed by atoms with Crippen LogP contribution in [0.2, 0.25) is 0 Å². The molecule has 0 aliphatic carbocycles. The summed E-state index contributed by atoms with van der Waals surface area (Å²) in [4.78, 5) is 21.2. The molecule has 2 heterocycles. The maximum atomic E-state index is 13.3. The first kappa shape index (κ1) is 15.4. The monoisotopic (exact) mass is 329 g/mol. The van der Waals surface area contributed by atoms with E-state index in [4.69, 9.17) is 4.98 Å². The second-order valence-corrected chi connectivity index (χ2v) is 6.28. The van der Waals surface area contributed by atoms with Crippen molar-refractivity contribution in [3.8, 4) is 11.4 Å². The predicted octanol–water partition coefficient (Wildman–Crippen LogP) is 4.31. The zero-order chi connectivity index (χ0) is 17.4. The summed E-state index contributed by atoms with van der Waals surface area (Å²) in [6.45, 7) is 3.98. The molecule has 1 N–H and O–H groups in total. The van der Waals surface area contributed by atoms with E-state index in [9.17, 15) is 4.79 Å². The number of aryl methyl sites for hydroxylation is 1. The first-order valence-corrected chi connectivity index (χ1v) is 8.37. The number of hydrogen-bond acceptors (Lipinski definition) is 2. The van der Waals surface area contributed by atoms with Crippen molar-refractivity contribution in [1.29, 1.82) is 0 Å². The number of nitrogens with zero attached hydrogens (tertiary/aromatic N) is 2. The summed E-state index contributed by atoms with van der Waals surface area (Å²) in [6.07, 6.45) is 0. The predicted molar refractivity (Wildman–Crippen MR) is 101 cm³/mol. The normalized spacial score (nSPS) is 12.4. The Bertz CT molecular complexity index is 1080. The maximum Gasteiger partial charge on any atom is 0.263 e. The number of rotatable bonds is 3. The van der Waals surface area contributed by atoms with Crippen LogP contribution in [0.15, 0.2) is 71.5 Å². The fraction of sp³-hybridized carbons (Fsp3) is 0.143. The molecule has 0 spiro atoms. The van der Waals surface area contributed by atoms with Crippen LogP contribution < -0.4 is 5.56 Å². The molecule has 0 radical (unpaired) electrons. The van der Waals surface area contributed by atoms with Crippen LogP contribution >= 0.6 is 0 Å². The van der Waals surface area contributed by atoms with E-state index in [1.807, 2.05) is 80.6 Å². The number of hydrogen-bond donors (Lipinski definition) is 1. The van der Waals surface area contributed by atoms with Crippen molar-refractivity contribution in [3.63, 3.8) is 0 Å². The van der Waals surface area contributed by atoms with E-state index in [1.54, 1.807) is 4.57 Å². The van der Waals surface area contributed by atoms with Crippen LogP contribution in [-0.2, 0) is 0 Å². The SMILES string of the molecule is Cc1cc2c(=O)n(C(C)c3ccccc3)c(-c3ccccc3)nc2[nH]1. The standard InChI is InChI=1S/C21H19N3O/c1-14-13-18-19(22-14)23-20(17-11-7-4-8-12-17)24(21(18)25)15(2)16-9-5-3-6-10-16/h3-13,15,22H,1-2H3. The van der Waals surface area contributed by atoms with E-state index in [-0.39, 0.29) is 11.6 Å². The largest absolute Gasteiger partial charge is 0.343 e. The van der Waals surface area contributed by atoms with E-state index < -0.39 is 0 Å². The Morgan fingerprint density at radius 1 is 1.00 bits per heavy atom. The van der Waals surface area contributed by atoms with Gasteiger partial charge in [-0.25, -0.2) is 4.98 Å². The van der Waals surface area contributed by atoms with Crippen molar-refractivity contribution in [1.82, 2.24) is 14.5 Å². The minimum atomic E-state index is -0.115. The molecule has 1 unspecified atom stereocenters. The van der Waals surface area contributed by atoms with Gasteiger partial charge in [0.25, 0.3) is 5.56 Å². The Labute approximate surface area is 145 Å². The van der Waals surface area contributed by atoms with Gasteiger partial charge in [0.1, 0.15) is 11.5 Å². The van der Waals surface area contributed by atoms with E-state index in [0.29, 0.717) is 16.9 Å². The molecule has 4 rings (SSSR count). The highest BCUT2D eigenvalue weighted by Gasteiger charge is 2.19. The average molecular weight is 329 g/mol. The third kappa shape index (κ3) is 2.66. The van der Waals surface area contributed by atoms with Gasteiger partial charge < -0.3 is 4.98 Å². The van der Waals surface area contributed by atoms with Crippen molar-refractivity contribution in [3.05, 3.63) is 88.3 Å². The van der Waals surface area contributed by atoms with Crippen LogP contribution in [0.25, 0.3) is 22.4 Å². The van der Waals surface area contributed by atoms with Gasteiger partial charge in [0.15, 0.2) is 0 Å². The molecule has 4 aromatic rings. The second-order valence-electron chi connectivity index (χ2n) is 6.28. The van der Waals surface area contributed by atoms with Crippen molar-refractivity contribution >= 4 is 11.0 Å². The Morgan fingerprint density at radius 3 is 2.32 bits per heavy atom. The second kappa shape index (κ2) is 6.06. The van der Waals surface area contributed by atoms with E-state index >= 15 is 0 Å². The minimum absolute atomic E-state index is 0.0236. The number of aromatic nitrogens is 3. The Balaban J connectivity index is 2.04. The fourth-order valence-corrected chi connectivity index (χ4v) is 3.24. The van der Waals surface area contributed by atoms with Crippen molar-refractivity contribution in [2.75, 3.05) is 0 Å². The lowest BCUT2D eigenvalue weighted by Gasteiger charge is -2.19. The smallest absolute Gasteiger partial charge is 0.263 e. The molecule has 0 aliphatic rings. The van der Waals surface area contributed by atoms with Crippen LogP contribution in [0.5, 0.6) is 0 Å². The van der Waals surface area contributed by atoms with E-state index in [0.717, 1.165) is 16.8 Å². The van der Waals surface area contributed by atoms with Crippen LogP contribution in [-0.4, -0.2) is 14.5 Å². The van der Waals surface area contributed by atoms with Gasteiger partial charge in [0, 0.05) is 11.3 Å². The lowest BCUT2D eigenvalue weighted by atomic mass is 10.1. The Morgan fingerprint density at radius 2 is 1.64 bits per heavy atom. The summed E-state index contributed by atoms with van der Waals surface area (Å²) in [5, 5.41) is 0.625. The molecule has 4 nitrogen and oxygen atoms in total. The molecule has 4 heteroatoms. The van der Waals surface area contributed by atoms with Crippen LogP contribution in [0, 0.1) is 6.92 Å². The molecule has 124 valence electrons. The Kier molecular flexibility index (Phi) is 3.73. The molecule has 0 amide bonds. The van der Waals surface area contributed by atoms with Gasteiger partial charge in [0.2, 0.25) is 0 Å².